The lowest BCUT2D eigenvalue weighted by Crippen LogP contribution is -2.53. The van der Waals surface area contributed by atoms with E-state index >= 15 is 0 Å². The fraction of sp³-hybridized carbons (Fsp3) is 0.375. The Morgan fingerprint density at radius 3 is 2.49 bits per heavy atom. The summed E-state index contributed by atoms with van der Waals surface area (Å²) >= 11 is 0. The van der Waals surface area contributed by atoms with Crippen LogP contribution in [0.2, 0.25) is 0 Å². The molecule has 3 amide bonds. The molecule has 9 nitrogen and oxygen atoms in total. The second-order valence-corrected chi connectivity index (χ2v) is 10.5. The maximum atomic E-state index is 13.9. The normalized spacial score (nSPS) is 14.1. The Kier molecular flexibility index (Phi) is 8.11. The molecule has 3 rings (SSSR count). The molecule has 0 spiro atoms. The maximum absolute atomic E-state index is 13.9. The standard InChI is InChI=1S/C24H28FN3O6S/c1-15(23(31)27-24(2,3)4)28(18-7-5-6-16(25)10-18)22(30)13-35(32)12-21(29)26-17-8-9-19-20(11-17)34-14-33-19/h5-11,15H,12-14H2,1-4H3,(H,26,29)(H,27,31)/t15-,35-/m1/s1. The molecule has 2 aromatic rings. The topological polar surface area (TPSA) is 114 Å². The van der Waals surface area contributed by atoms with Gasteiger partial charge in [-0.3, -0.25) is 23.5 Å². The van der Waals surface area contributed by atoms with E-state index in [1.807, 2.05) is 0 Å². The molecule has 0 aromatic heterocycles. The number of carbonyl (C=O) groups is 3. The van der Waals surface area contributed by atoms with Crippen LogP contribution < -0.4 is 25.0 Å². The van der Waals surface area contributed by atoms with Crippen molar-refractivity contribution in [2.24, 2.45) is 0 Å². The minimum absolute atomic E-state index is 0.0902. The summed E-state index contributed by atoms with van der Waals surface area (Å²) in [4.78, 5) is 39.3. The fourth-order valence-electron chi connectivity index (χ4n) is 3.38. The SMILES string of the molecule is C[C@H](C(=O)NC(C)(C)C)N(C(=O)C[S@](=O)CC(=O)Nc1ccc2c(c1)OCO2)c1cccc(F)c1. The highest BCUT2D eigenvalue weighted by Gasteiger charge is 2.31. The monoisotopic (exact) mass is 505 g/mol. The lowest BCUT2D eigenvalue weighted by atomic mass is 10.1. The third-order valence-electron chi connectivity index (χ3n) is 4.85. The van der Waals surface area contributed by atoms with Crippen molar-refractivity contribution in [3.8, 4) is 11.5 Å². The van der Waals surface area contributed by atoms with Gasteiger partial charge in [0, 0.05) is 33.8 Å². The molecule has 35 heavy (non-hydrogen) atoms. The van der Waals surface area contributed by atoms with Crippen molar-refractivity contribution in [1.82, 2.24) is 5.32 Å². The zero-order chi connectivity index (χ0) is 25.8. The van der Waals surface area contributed by atoms with Gasteiger partial charge in [0.1, 0.15) is 23.4 Å². The van der Waals surface area contributed by atoms with E-state index in [9.17, 15) is 23.0 Å². The number of nitrogens with zero attached hydrogens (tertiary/aromatic N) is 1. The third-order valence-corrected chi connectivity index (χ3v) is 6.01. The van der Waals surface area contributed by atoms with Crippen molar-refractivity contribution in [3.05, 3.63) is 48.3 Å². The van der Waals surface area contributed by atoms with Crippen LogP contribution in [0.4, 0.5) is 15.8 Å². The number of nitrogens with one attached hydrogen (secondary N) is 2. The fourth-order valence-corrected chi connectivity index (χ4v) is 4.26. The van der Waals surface area contributed by atoms with Crippen molar-refractivity contribution in [2.75, 3.05) is 28.5 Å². The van der Waals surface area contributed by atoms with Gasteiger partial charge in [0.15, 0.2) is 11.5 Å². The largest absolute Gasteiger partial charge is 0.454 e. The van der Waals surface area contributed by atoms with E-state index in [0.717, 1.165) is 11.0 Å². The van der Waals surface area contributed by atoms with Crippen LogP contribution in [-0.2, 0) is 25.2 Å². The predicted octanol–water partition coefficient (Wildman–Crippen LogP) is 2.58. The Bertz CT molecular complexity index is 1150. The molecule has 2 N–H and O–H groups in total. The van der Waals surface area contributed by atoms with Crippen LogP contribution in [0, 0.1) is 5.82 Å². The summed E-state index contributed by atoms with van der Waals surface area (Å²) in [6.45, 7) is 6.96. The number of benzene rings is 2. The number of anilines is 2. The molecular weight excluding hydrogens is 477 g/mol. The van der Waals surface area contributed by atoms with Gasteiger partial charge >= 0.3 is 0 Å². The first-order valence-corrected chi connectivity index (χ1v) is 12.4. The predicted molar refractivity (Wildman–Crippen MR) is 130 cm³/mol. The first-order valence-electron chi connectivity index (χ1n) is 10.9. The smallest absolute Gasteiger partial charge is 0.243 e. The van der Waals surface area contributed by atoms with Gasteiger partial charge in [-0.2, -0.15) is 0 Å². The summed E-state index contributed by atoms with van der Waals surface area (Å²) in [6, 6.07) is 9.04. The number of halogens is 1. The molecule has 1 aliphatic rings. The number of fused-ring (bicyclic) bond motifs is 1. The maximum Gasteiger partial charge on any atom is 0.243 e. The number of hydrogen-bond acceptors (Lipinski definition) is 6. The van der Waals surface area contributed by atoms with Crippen LogP contribution in [0.15, 0.2) is 42.5 Å². The van der Waals surface area contributed by atoms with Gasteiger partial charge in [-0.15, -0.1) is 0 Å². The summed E-state index contributed by atoms with van der Waals surface area (Å²) in [5, 5.41) is 5.39. The summed E-state index contributed by atoms with van der Waals surface area (Å²) in [5.41, 5.74) is 0.0160. The molecule has 0 fully saturated rings. The van der Waals surface area contributed by atoms with E-state index in [2.05, 4.69) is 10.6 Å². The zero-order valence-electron chi connectivity index (χ0n) is 19.9. The van der Waals surface area contributed by atoms with Crippen molar-refractivity contribution in [2.45, 2.75) is 39.3 Å². The lowest BCUT2D eigenvalue weighted by Gasteiger charge is -2.31. The van der Waals surface area contributed by atoms with Gasteiger partial charge in [0.05, 0.1) is 0 Å². The highest BCUT2D eigenvalue weighted by atomic mass is 32.2. The molecule has 2 atom stereocenters. The van der Waals surface area contributed by atoms with Gasteiger partial charge in [-0.25, -0.2) is 4.39 Å². The van der Waals surface area contributed by atoms with Crippen LogP contribution in [0.25, 0.3) is 0 Å². The van der Waals surface area contributed by atoms with E-state index in [0.29, 0.717) is 17.2 Å². The molecule has 2 aromatic carbocycles. The molecule has 0 saturated carbocycles. The molecule has 188 valence electrons. The Morgan fingerprint density at radius 1 is 1.09 bits per heavy atom. The Morgan fingerprint density at radius 2 is 1.80 bits per heavy atom. The van der Waals surface area contributed by atoms with E-state index in [4.69, 9.17) is 9.47 Å². The van der Waals surface area contributed by atoms with Gasteiger partial charge < -0.3 is 20.1 Å². The average Bonchev–Trinajstić information content (AvgIpc) is 3.20. The molecule has 1 aliphatic heterocycles. The number of carbonyl (C=O) groups excluding carboxylic acids is 3. The lowest BCUT2D eigenvalue weighted by molar-refractivity contribution is -0.126. The zero-order valence-corrected chi connectivity index (χ0v) is 20.7. The van der Waals surface area contributed by atoms with Gasteiger partial charge in [0.2, 0.25) is 24.5 Å². The number of ether oxygens (including phenoxy) is 2. The Hall–Kier alpha value is -3.47. The highest BCUT2D eigenvalue weighted by Crippen LogP contribution is 2.34. The van der Waals surface area contributed by atoms with E-state index < -0.39 is 57.4 Å². The average molecular weight is 506 g/mol. The third kappa shape index (κ3) is 7.25. The van der Waals surface area contributed by atoms with Crippen LogP contribution >= 0.6 is 0 Å². The number of hydrogen-bond donors (Lipinski definition) is 2. The quantitative estimate of drug-likeness (QED) is 0.570. The first-order chi connectivity index (χ1) is 16.4. The summed E-state index contributed by atoms with van der Waals surface area (Å²) in [5.74, 6) is -2.23. The van der Waals surface area contributed by atoms with Gasteiger partial charge in [-0.1, -0.05) is 6.07 Å². The summed E-state index contributed by atoms with van der Waals surface area (Å²) in [7, 11) is -1.89. The van der Waals surface area contributed by atoms with E-state index in [-0.39, 0.29) is 12.5 Å². The minimum Gasteiger partial charge on any atom is -0.454 e. The second-order valence-electron chi connectivity index (χ2n) is 9.00. The van der Waals surface area contributed by atoms with Crippen LogP contribution in [-0.4, -0.2) is 51.8 Å². The van der Waals surface area contributed by atoms with E-state index in [1.54, 1.807) is 39.0 Å². The molecule has 1 heterocycles. The summed E-state index contributed by atoms with van der Waals surface area (Å²) < 4.78 is 37.0. The van der Waals surface area contributed by atoms with Gasteiger partial charge in [-0.05, 0) is 58.0 Å². The molecule has 0 aliphatic carbocycles. The van der Waals surface area contributed by atoms with Crippen LogP contribution in [0.1, 0.15) is 27.7 Å². The minimum atomic E-state index is -1.89. The Labute approximate surface area is 205 Å². The number of amides is 3. The first kappa shape index (κ1) is 26.1. The molecule has 11 heteroatoms. The van der Waals surface area contributed by atoms with E-state index in [1.165, 1.54) is 25.1 Å². The molecule has 0 bridgehead atoms. The van der Waals surface area contributed by atoms with Crippen molar-refractivity contribution < 1.29 is 32.5 Å². The number of rotatable bonds is 8. The van der Waals surface area contributed by atoms with Crippen molar-refractivity contribution in [1.29, 1.82) is 0 Å². The second kappa shape index (κ2) is 10.9. The molecular formula is C24H28FN3O6S. The Balaban J connectivity index is 1.68. The summed E-state index contributed by atoms with van der Waals surface area (Å²) in [6.07, 6.45) is 0. The van der Waals surface area contributed by atoms with Crippen molar-refractivity contribution >= 4 is 39.9 Å². The highest BCUT2D eigenvalue weighted by molar-refractivity contribution is 7.86. The van der Waals surface area contributed by atoms with Crippen LogP contribution in [0.5, 0.6) is 11.5 Å². The molecule has 0 radical (unpaired) electrons. The molecule has 0 unspecified atom stereocenters. The van der Waals surface area contributed by atoms with Crippen molar-refractivity contribution in [3.63, 3.8) is 0 Å². The molecule has 0 saturated heterocycles. The van der Waals surface area contributed by atoms with Gasteiger partial charge in [0.25, 0.3) is 0 Å². The van der Waals surface area contributed by atoms with Crippen LogP contribution in [0.3, 0.4) is 0 Å².